The van der Waals surface area contributed by atoms with E-state index in [0.717, 1.165) is 6.07 Å². The number of halogens is 3. The number of rotatable bonds is 1. The first-order valence-corrected chi connectivity index (χ1v) is 10.4. The molecular formula is C24H16F3N3O4. The number of ether oxygens (including phenoxy) is 2. The van der Waals surface area contributed by atoms with Crippen LogP contribution >= 0.6 is 0 Å². The summed E-state index contributed by atoms with van der Waals surface area (Å²) in [6, 6.07) is 14.8. The van der Waals surface area contributed by atoms with Crippen LogP contribution in [0.4, 0.5) is 30.2 Å². The summed E-state index contributed by atoms with van der Waals surface area (Å²) in [4.78, 5) is 28.5. The van der Waals surface area contributed by atoms with Gasteiger partial charge in [0.1, 0.15) is 13.2 Å². The van der Waals surface area contributed by atoms with Crippen molar-refractivity contribution >= 4 is 28.9 Å². The first-order chi connectivity index (χ1) is 16.3. The lowest BCUT2D eigenvalue weighted by Gasteiger charge is -2.44. The molecule has 7 nitrogen and oxygen atoms in total. The molecule has 3 aliphatic heterocycles. The molecule has 0 radical (unpaired) electrons. The first kappa shape index (κ1) is 20.4. The molecule has 6 rings (SSSR count). The highest BCUT2D eigenvalue weighted by molar-refractivity contribution is 6.22. The zero-order valence-corrected chi connectivity index (χ0v) is 17.4. The second-order valence-electron chi connectivity index (χ2n) is 8.03. The van der Waals surface area contributed by atoms with Crippen LogP contribution in [0.25, 0.3) is 0 Å². The third kappa shape index (κ3) is 2.71. The maximum Gasteiger partial charge on any atom is 0.418 e. The number of nitrogens with one attached hydrogen (secondary N) is 2. The molecule has 34 heavy (non-hydrogen) atoms. The minimum absolute atomic E-state index is 0.00920. The van der Waals surface area contributed by atoms with Gasteiger partial charge in [-0.1, -0.05) is 24.3 Å². The number of fused-ring (bicyclic) bond motifs is 4. The minimum atomic E-state index is -4.71. The number of para-hydroxylation sites is 2. The van der Waals surface area contributed by atoms with Crippen LogP contribution < -0.4 is 25.0 Å². The van der Waals surface area contributed by atoms with Crippen molar-refractivity contribution < 1.29 is 32.2 Å². The Labute approximate surface area is 191 Å². The standard InChI is InChI=1S/C24H16F3N3O4/c25-24(26,27)16-6-3-5-15-20(16)28-22(32)23(15)29-17-7-2-1-4-14(17)21(31)30(23)13-8-9-18-19(12-13)34-11-10-33-18/h1-9,12,29H,10-11H2,(H,28,32). The monoisotopic (exact) mass is 467 g/mol. The fourth-order valence-corrected chi connectivity index (χ4v) is 4.68. The van der Waals surface area contributed by atoms with Crippen molar-refractivity contribution in [1.29, 1.82) is 0 Å². The van der Waals surface area contributed by atoms with E-state index in [1.807, 2.05) is 0 Å². The average molecular weight is 467 g/mol. The fraction of sp³-hybridized carbons (Fsp3) is 0.167. The van der Waals surface area contributed by atoms with Crippen LogP contribution in [0.1, 0.15) is 21.5 Å². The van der Waals surface area contributed by atoms with Crippen molar-refractivity contribution in [2.24, 2.45) is 0 Å². The second kappa shape index (κ2) is 6.89. The summed E-state index contributed by atoms with van der Waals surface area (Å²) in [6.45, 7) is 0.665. The molecule has 172 valence electrons. The SMILES string of the molecule is O=C1c2ccccc2NC2(C(=O)Nc3c(C(F)(F)F)cccc32)N1c1ccc2c(c1)OCCO2. The number of hydrogen-bond acceptors (Lipinski definition) is 5. The molecule has 0 aromatic heterocycles. The van der Waals surface area contributed by atoms with Gasteiger partial charge in [0.25, 0.3) is 11.8 Å². The van der Waals surface area contributed by atoms with Gasteiger partial charge in [-0.15, -0.1) is 0 Å². The van der Waals surface area contributed by atoms with Crippen molar-refractivity contribution in [1.82, 2.24) is 0 Å². The summed E-state index contributed by atoms with van der Waals surface area (Å²) in [5.41, 5.74) is -2.47. The quantitative estimate of drug-likeness (QED) is 0.556. The predicted molar refractivity (Wildman–Crippen MR) is 116 cm³/mol. The molecule has 0 saturated carbocycles. The van der Waals surface area contributed by atoms with E-state index in [0.29, 0.717) is 30.4 Å². The van der Waals surface area contributed by atoms with Crippen LogP contribution in [-0.4, -0.2) is 25.0 Å². The summed E-state index contributed by atoms with van der Waals surface area (Å²) in [5, 5.41) is 5.44. The Morgan fingerprint density at radius 1 is 0.912 bits per heavy atom. The predicted octanol–water partition coefficient (Wildman–Crippen LogP) is 4.35. The molecule has 3 aromatic rings. The summed E-state index contributed by atoms with van der Waals surface area (Å²) >= 11 is 0. The molecule has 0 fully saturated rings. The van der Waals surface area contributed by atoms with Crippen molar-refractivity contribution in [3.8, 4) is 11.5 Å². The van der Waals surface area contributed by atoms with Gasteiger partial charge in [0.05, 0.1) is 22.5 Å². The Morgan fingerprint density at radius 3 is 2.47 bits per heavy atom. The molecule has 0 aliphatic carbocycles. The van der Waals surface area contributed by atoms with Gasteiger partial charge < -0.3 is 20.1 Å². The smallest absolute Gasteiger partial charge is 0.418 e. The lowest BCUT2D eigenvalue weighted by molar-refractivity contribution is -0.136. The van der Waals surface area contributed by atoms with E-state index in [-0.39, 0.29) is 22.5 Å². The lowest BCUT2D eigenvalue weighted by atomic mass is 9.91. The number of benzene rings is 3. The molecule has 1 unspecified atom stereocenters. The Balaban J connectivity index is 1.62. The number of anilines is 3. The molecule has 1 atom stereocenters. The fourth-order valence-electron chi connectivity index (χ4n) is 4.68. The molecule has 3 aliphatic rings. The maximum absolute atomic E-state index is 13.8. The Bertz CT molecular complexity index is 1370. The van der Waals surface area contributed by atoms with Crippen molar-refractivity contribution in [2.45, 2.75) is 11.8 Å². The van der Waals surface area contributed by atoms with Gasteiger partial charge in [0.2, 0.25) is 5.66 Å². The van der Waals surface area contributed by atoms with E-state index < -0.39 is 29.2 Å². The molecule has 3 aromatic carbocycles. The van der Waals surface area contributed by atoms with Gasteiger partial charge >= 0.3 is 6.18 Å². The number of carbonyl (C=O) groups excluding carboxylic acids is 2. The average Bonchev–Trinajstić information content (AvgIpc) is 3.09. The van der Waals surface area contributed by atoms with E-state index in [1.54, 1.807) is 42.5 Å². The largest absolute Gasteiger partial charge is 0.486 e. The first-order valence-electron chi connectivity index (χ1n) is 10.4. The second-order valence-corrected chi connectivity index (χ2v) is 8.03. The van der Waals surface area contributed by atoms with Gasteiger partial charge in [-0.25, -0.2) is 0 Å². The van der Waals surface area contributed by atoms with Crippen LogP contribution in [-0.2, 0) is 16.6 Å². The van der Waals surface area contributed by atoms with Gasteiger partial charge in [0.15, 0.2) is 11.5 Å². The molecular weight excluding hydrogens is 451 g/mol. The van der Waals surface area contributed by atoms with Crippen LogP contribution in [0.2, 0.25) is 0 Å². The highest BCUT2D eigenvalue weighted by Gasteiger charge is 2.58. The van der Waals surface area contributed by atoms with Crippen molar-refractivity contribution in [3.05, 3.63) is 77.4 Å². The Kier molecular flexibility index (Phi) is 4.14. The number of alkyl halides is 3. The highest BCUT2D eigenvalue weighted by atomic mass is 19.4. The van der Waals surface area contributed by atoms with Crippen molar-refractivity contribution in [3.63, 3.8) is 0 Å². The number of carbonyl (C=O) groups is 2. The summed E-state index contributed by atoms with van der Waals surface area (Å²) in [7, 11) is 0. The van der Waals surface area contributed by atoms with E-state index in [4.69, 9.17) is 9.47 Å². The van der Waals surface area contributed by atoms with Crippen LogP contribution in [0, 0.1) is 0 Å². The summed E-state index contributed by atoms with van der Waals surface area (Å²) in [6.07, 6.45) is -4.71. The third-order valence-corrected chi connectivity index (χ3v) is 6.12. The third-order valence-electron chi connectivity index (χ3n) is 6.12. The number of hydrogen-bond donors (Lipinski definition) is 2. The Morgan fingerprint density at radius 2 is 1.68 bits per heavy atom. The van der Waals surface area contributed by atoms with E-state index in [2.05, 4.69) is 10.6 Å². The number of amides is 2. The topological polar surface area (TPSA) is 79.9 Å². The van der Waals surface area contributed by atoms with E-state index >= 15 is 0 Å². The van der Waals surface area contributed by atoms with Crippen molar-refractivity contribution in [2.75, 3.05) is 28.7 Å². The molecule has 1 spiro atoms. The molecule has 0 saturated heterocycles. The highest BCUT2D eigenvalue weighted by Crippen LogP contribution is 2.51. The molecule has 2 N–H and O–H groups in total. The van der Waals surface area contributed by atoms with Gasteiger partial charge in [0, 0.05) is 17.3 Å². The van der Waals surface area contributed by atoms with E-state index in [9.17, 15) is 22.8 Å². The molecule has 0 bridgehead atoms. The van der Waals surface area contributed by atoms with Gasteiger partial charge in [-0.2, -0.15) is 13.2 Å². The van der Waals surface area contributed by atoms with Crippen LogP contribution in [0.15, 0.2) is 60.7 Å². The minimum Gasteiger partial charge on any atom is -0.486 e. The summed E-state index contributed by atoms with van der Waals surface area (Å²) < 4.78 is 52.5. The summed E-state index contributed by atoms with van der Waals surface area (Å²) in [5.74, 6) is -0.519. The van der Waals surface area contributed by atoms with Gasteiger partial charge in [-0.3, -0.25) is 14.5 Å². The van der Waals surface area contributed by atoms with E-state index in [1.165, 1.54) is 17.0 Å². The maximum atomic E-state index is 13.8. The van der Waals surface area contributed by atoms with Crippen LogP contribution in [0.5, 0.6) is 11.5 Å². The normalized spacial score (nSPS) is 20.5. The molecule has 3 heterocycles. The Hall–Kier alpha value is -4.21. The van der Waals surface area contributed by atoms with Crippen LogP contribution in [0.3, 0.4) is 0 Å². The zero-order chi connectivity index (χ0) is 23.7. The lowest BCUT2D eigenvalue weighted by Crippen LogP contribution is -2.61. The van der Waals surface area contributed by atoms with Gasteiger partial charge in [-0.05, 0) is 30.3 Å². The molecule has 2 amide bonds. The molecule has 10 heteroatoms. The number of nitrogens with zero attached hydrogens (tertiary/aromatic N) is 1. The zero-order valence-electron chi connectivity index (χ0n) is 17.4.